The maximum absolute atomic E-state index is 11.7. The number of rotatable bonds is 3. The minimum absolute atomic E-state index is 0.0326. The van der Waals surface area contributed by atoms with Gasteiger partial charge in [0.2, 0.25) is 5.91 Å². The lowest BCUT2D eigenvalue weighted by molar-refractivity contribution is -0.134. The number of hydrogen-bond acceptors (Lipinski definition) is 5. The van der Waals surface area contributed by atoms with Crippen molar-refractivity contribution >= 4 is 5.91 Å². The molecular weight excluding hydrogens is 232 g/mol. The molecule has 1 amide bonds. The largest absolute Gasteiger partial charge is 0.360 e. The van der Waals surface area contributed by atoms with Crippen LogP contribution in [0.3, 0.4) is 0 Å². The Bertz CT molecular complexity index is 408. The van der Waals surface area contributed by atoms with Gasteiger partial charge in [0.1, 0.15) is 0 Å². The van der Waals surface area contributed by atoms with E-state index in [1.54, 1.807) is 6.92 Å². The average Bonchev–Trinajstić information content (AvgIpc) is 2.75. The van der Waals surface area contributed by atoms with Gasteiger partial charge >= 0.3 is 0 Å². The lowest BCUT2D eigenvalue weighted by Gasteiger charge is -2.34. The first-order chi connectivity index (χ1) is 8.56. The van der Waals surface area contributed by atoms with Crippen molar-refractivity contribution in [3.63, 3.8) is 0 Å². The van der Waals surface area contributed by atoms with Crippen molar-refractivity contribution in [1.82, 2.24) is 15.0 Å². The van der Waals surface area contributed by atoms with Crippen LogP contribution < -0.4 is 5.73 Å². The molecule has 0 spiro atoms. The Kier molecular flexibility index (Phi) is 3.98. The second-order valence-electron chi connectivity index (χ2n) is 4.82. The molecule has 1 unspecified atom stereocenters. The van der Waals surface area contributed by atoms with E-state index in [1.807, 2.05) is 17.9 Å². The molecule has 2 heterocycles. The van der Waals surface area contributed by atoms with Gasteiger partial charge in [-0.05, 0) is 13.8 Å². The highest BCUT2D eigenvalue weighted by Gasteiger charge is 2.23. The van der Waals surface area contributed by atoms with E-state index < -0.39 is 6.04 Å². The maximum atomic E-state index is 11.7. The number of aryl methyl sites for hydroxylation is 1. The third-order valence-corrected chi connectivity index (χ3v) is 3.13. The summed E-state index contributed by atoms with van der Waals surface area (Å²) >= 11 is 0. The van der Waals surface area contributed by atoms with Gasteiger partial charge in [-0.2, -0.15) is 0 Å². The molecule has 18 heavy (non-hydrogen) atoms. The number of nitrogens with two attached hydrogens (primary N) is 1. The molecule has 1 aliphatic heterocycles. The summed E-state index contributed by atoms with van der Waals surface area (Å²) in [7, 11) is 0. The number of amides is 1. The summed E-state index contributed by atoms with van der Waals surface area (Å²) in [6.07, 6.45) is 0. The normalized spacial score (nSPS) is 18.9. The molecule has 100 valence electrons. The van der Waals surface area contributed by atoms with Crippen molar-refractivity contribution in [3.8, 4) is 0 Å². The first kappa shape index (κ1) is 13.0. The number of carbonyl (C=O) groups is 1. The van der Waals surface area contributed by atoms with E-state index in [9.17, 15) is 4.79 Å². The predicted octanol–water partition coefficient (Wildman–Crippen LogP) is -0.0256. The number of hydrogen-bond donors (Lipinski definition) is 1. The Labute approximate surface area is 107 Å². The van der Waals surface area contributed by atoms with Gasteiger partial charge in [-0.15, -0.1) is 0 Å². The van der Waals surface area contributed by atoms with Crippen LogP contribution in [-0.4, -0.2) is 53.1 Å². The Morgan fingerprint density at radius 2 is 2.17 bits per heavy atom. The van der Waals surface area contributed by atoms with Crippen LogP contribution in [-0.2, 0) is 11.3 Å². The fourth-order valence-electron chi connectivity index (χ4n) is 2.13. The zero-order valence-electron chi connectivity index (χ0n) is 10.9. The van der Waals surface area contributed by atoms with Crippen LogP contribution >= 0.6 is 0 Å². The SMILES string of the molecule is Cc1cc(CN2CCN(C(=O)C(C)N)CC2)on1. The van der Waals surface area contributed by atoms with Crippen molar-refractivity contribution < 1.29 is 9.32 Å². The number of aromatic nitrogens is 1. The highest BCUT2D eigenvalue weighted by Crippen LogP contribution is 2.10. The van der Waals surface area contributed by atoms with E-state index in [4.69, 9.17) is 10.3 Å². The molecule has 0 radical (unpaired) electrons. The summed E-state index contributed by atoms with van der Waals surface area (Å²) in [5, 5.41) is 3.87. The monoisotopic (exact) mass is 252 g/mol. The molecule has 0 aliphatic carbocycles. The minimum atomic E-state index is -0.409. The van der Waals surface area contributed by atoms with E-state index in [-0.39, 0.29) is 5.91 Å². The number of nitrogens with zero attached hydrogens (tertiary/aromatic N) is 3. The summed E-state index contributed by atoms with van der Waals surface area (Å²) in [5.41, 5.74) is 6.50. The molecule has 6 heteroatoms. The van der Waals surface area contributed by atoms with Crippen LogP contribution in [0, 0.1) is 6.92 Å². The molecule has 1 aromatic heterocycles. The van der Waals surface area contributed by atoms with Crippen molar-refractivity contribution in [3.05, 3.63) is 17.5 Å². The van der Waals surface area contributed by atoms with E-state index in [2.05, 4.69) is 10.1 Å². The van der Waals surface area contributed by atoms with Crippen molar-refractivity contribution in [2.75, 3.05) is 26.2 Å². The van der Waals surface area contributed by atoms with Crippen LogP contribution in [0.1, 0.15) is 18.4 Å². The zero-order chi connectivity index (χ0) is 13.1. The van der Waals surface area contributed by atoms with Crippen LogP contribution in [0.4, 0.5) is 0 Å². The first-order valence-electron chi connectivity index (χ1n) is 6.25. The molecular formula is C12H20N4O2. The lowest BCUT2D eigenvalue weighted by atomic mass is 10.2. The molecule has 0 bridgehead atoms. The molecule has 1 atom stereocenters. The zero-order valence-corrected chi connectivity index (χ0v) is 10.9. The third kappa shape index (κ3) is 3.08. The van der Waals surface area contributed by atoms with Crippen LogP contribution in [0.25, 0.3) is 0 Å². The lowest BCUT2D eigenvalue weighted by Crippen LogP contribution is -2.52. The van der Waals surface area contributed by atoms with Gasteiger partial charge in [0.25, 0.3) is 0 Å². The quantitative estimate of drug-likeness (QED) is 0.818. The standard InChI is InChI=1S/C12H20N4O2/c1-9-7-11(18-14-9)8-15-3-5-16(6-4-15)12(17)10(2)13/h7,10H,3-6,8,13H2,1-2H3. The highest BCUT2D eigenvalue weighted by molar-refractivity contribution is 5.81. The Hall–Kier alpha value is -1.40. The predicted molar refractivity (Wildman–Crippen MR) is 66.7 cm³/mol. The summed E-state index contributed by atoms with van der Waals surface area (Å²) in [4.78, 5) is 15.8. The van der Waals surface area contributed by atoms with Crippen LogP contribution in [0.15, 0.2) is 10.6 Å². The molecule has 0 saturated carbocycles. The van der Waals surface area contributed by atoms with Gasteiger partial charge in [-0.25, -0.2) is 0 Å². The van der Waals surface area contributed by atoms with Crippen molar-refractivity contribution in [2.24, 2.45) is 5.73 Å². The Morgan fingerprint density at radius 1 is 1.50 bits per heavy atom. The second kappa shape index (κ2) is 5.49. The molecule has 0 aromatic carbocycles. The smallest absolute Gasteiger partial charge is 0.239 e. The topological polar surface area (TPSA) is 75.6 Å². The average molecular weight is 252 g/mol. The fourth-order valence-corrected chi connectivity index (χ4v) is 2.13. The van der Waals surface area contributed by atoms with Gasteiger partial charge < -0.3 is 15.2 Å². The molecule has 1 fully saturated rings. The molecule has 1 aromatic rings. The summed E-state index contributed by atoms with van der Waals surface area (Å²) < 4.78 is 5.19. The minimum Gasteiger partial charge on any atom is -0.360 e. The van der Waals surface area contributed by atoms with E-state index in [0.717, 1.165) is 44.2 Å². The fraction of sp³-hybridized carbons (Fsp3) is 0.667. The van der Waals surface area contributed by atoms with Gasteiger partial charge in [0.05, 0.1) is 18.3 Å². The Morgan fingerprint density at radius 3 is 2.67 bits per heavy atom. The van der Waals surface area contributed by atoms with Gasteiger partial charge in [0, 0.05) is 32.2 Å². The van der Waals surface area contributed by atoms with Gasteiger partial charge in [-0.1, -0.05) is 5.16 Å². The van der Waals surface area contributed by atoms with Crippen molar-refractivity contribution in [1.29, 1.82) is 0 Å². The number of piperazine rings is 1. The molecule has 1 saturated heterocycles. The molecule has 2 N–H and O–H groups in total. The van der Waals surface area contributed by atoms with Gasteiger partial charge in [-0.3, -0.25) is 9.69 Å². The van der Waals surface area contributed by atoms with E-state index in [0.29, 0.717) is 0 Å². The molecule has 2 rings (SSSR count). The van der Waals surface area contributed by atoms with E-state index >= 15 is 0 Å². The molecule has 1 aliphatic rings. The second-order valence-corrected chi connectivity index (χ2v) is 4.82. The van der Waals surface area contributed by atoms with Crippen LogP contribution in [0.5, 0.6) is 0 Å². The third-order valence-electron chi connectivity index (χ3n) is 3.13. The van der Waals surface area contributed by atoms with E-state index in [1.165, 1.54) is 0 Å². The summed E-state index contributed by atoms with van der Waals surface area (Å²) in [5.74, 6) is 0.907. The number of carbonyl (C=O) groups excluding carboxylic acids is 1. The van der Waals surface area contributed by atoms with Crippen molar-refractivity contribution in [2.45, 2.75) is 26.4 Å². The molecule has 6 nitrogen and oxygen atoms in total. The highest BCUT2D eigenvalue weighted by atomic mass is 16.5. The summed E-state index contributed by atoms with van der Waals surface area (Å²) in [6, 6.07) is 1.54. The van der Waals surface area contributed by atoms with Crippen LogP contribution in [0.2, 0.25) is 0 Å². The van der Waals surface area contributed by atoms with Gasteiger partial charge in [0.15, 0.2) is 5.76 Å². The Balaban J connectivity index is 1.82. The maximum Gasteiger partial charge on any atom is 0.239 e. The first-order valence-corrected chi connectivity index (χ1v) is 6.25. The summed E-state index contributed by atoms with van der Waals surface area (Å²) in [6.45, 7) is 7.54.